The minimum absolute atomic E-state index is 0.680. The van der Waals surface area contributed by atoms with E-state index in [4.69, 9.17) is 0 Å². The van der Waals surface area contributed by atoms with Crippen LogP contribution >= 0.6 is 0 Å². The second-order valence-corrected chi connectivity index (χ2v) is 5.21. The maximum atomic E-state index is 3.79. The Labute approximate surface area is 101 Å². The van der Waals surface area contributed by atoms with Gasteiger partial charge < -0.3 is 10.2 Å². The summed E-state index contributed by atoms with van der Waals surface area (Å²) in [4.78, 5) is 2.64. The van der Waals surface area contributed by atoms with Crippen molar-refractivity contribution in [2.75, 3.05) is 26.2 Å². The highest BCUT2D eigenvalue weighted by molar-refractivity contribution is 4.75. The molecule has 2 nitrogen and oxygen atoms in total. The van der Waals surface area contributed by atoms with Crippen LogP contribution in [0.15, 0.2) is 12.7 Å². The van der Waals surface area contributed by atoms with Gasteiger partial charge in [-0.25, -0.2) is 0 Å². The van der Waals surface area contributed by atoms with Gasteiger partial charge in [0.15, 0.2) is 0 Å². The van der Waals surface area contributed by atoms with Crippen LogP contribution in [0.3, 0.4) is 0 Å². The zero-order chi connectivity index (χ0) is 11.8. The fraction of sp³-hybridized carbons (Fsp3) is 0.857. The molecular formula is C14H28N2. The number of allylic oxidation sites excluding steroid dienone is 1. The summed E-state index contributed by atoms with van der Waals surface area (Å²) in [6.07, 6.45) is 7.14. The molecule has 94 valence electrons. The van der Waals surface area contributed by atoms with Gasteiger partial charge in [0.1, 0.15) is 0 Å². The van der Waals surface area contributed by atoms with Gasteiger partial charge in [-0.05, 0) is 65.1 Å². The molecule has 1 heterocycles. The molecule has 0 atom stereocenters. The molecular weight excluding hydrogens is 196 g/mol. The van der Waals surface area contributed by atoms with E-state index in [1.807, 2.05) is 6.08 Å². The summed E-state index contributed by atoms with van der Waals surface area (Å²) in [6, 6.07) is 0.680. The van der Waals surface area contributed by atoms with Gasteiger partial charge in [0.25, 0.3) is 0 Å². The molecule has 0 saturated carbocycles. The van der Waals surface area contributed by atoms with Gasteiger partial charge in [0.05, 0.1) is 0 Å². The number of nitrogens with zero attached hydrogens (tertiary/aromatic N) is 1. The van der Waals surface area contributed by atoms with Crippen molar-refractivity contribution in [3.63, 3.8) is 0 Å². The first-order valence-electron chi connectivity index (χ1n) is 6.79. The van der Waals surface area contributed by atoms with Gasteiger partial charge in [-0.1, -0.05) is 6.08 Å². The van der Waals surface area contributed by atoms with E-state index >= 15 is 0 Å². The van der Waals surface area contributed by atoms with E-state index in [1.165, 1.54) is 45.4 Å². The Morgan fingerprint density at radius 1 is 1.38 bits per heavy atom. The molecule has 0 spiro atoms. The molecule has 16 heavy (non-hydrogen) atoms. The van der Waals surface area contributed by atoms with Crippen molar-refractivity contribution in [2.45, 2.75) is 45.6 Å². The van der Waals surface area contributed by atoms with Crippen LogP contribution in [0, 0.1) is 5.92 Å². The third kappa shape index (κ3) is 5.13. The number of unbranched alkanes of at least 4 members (excludes halogenated alkanes) is 1. The van der Waals surface area contributed by atoms with Crippen molar-refractivity contribution in [3.8, 4) is 0 Å². The summed E-state index contributed by atoms with van der Waals surface area (Å²) in [5, 5.41) is 3.44. The lowest BCUT2D eigenvalue weighted by molar-refractivity contribution is 0.168. The molecule has 1 N–H and O–H groups in total. The summed E-state index contributed by atoms with van der Waals surface area (Å²) >= 11 is 0. The molecule has 1 fully saturated rings. The van der Waals surface area contributed by atoms with Crippen LogP contribution in [0.2, 0.25) is 0 Å². The lowest BCUT2D eigenvalue weighted by atomic mass is 9.97. The van der Waals surface area contributed by atoms with Crippen LogP contribution in [-0.4, -0.2) is 37.1 Å². The molecule has 0 aliphatic carbocycles. The highest BCUT2D eigenvalue weighted by Gasteiger charge is 2.18. The Hall–Kier alpha value is -0.340. The van der Waals surface area contributed by atoms with Crippen molar-refractivity contribution in [1.82, 2.24) is 10.2 Å². The van der Waals surface area contributed by atoms with Gasteiger partial charge in [-0.3, -0.25) is 0 Å². The van der Waals surface area contributed by atoms with E-state index < -0.39 is 0 Å². The average molecular weight is 224 g/mol. The van der Waals surface area contributed by atoms with Crippen LogP contribution in [-0.2, 0) is 0 Å². The Kier molecular flexibility index (Phi) is 6.74. The standard InChI is InChI=1S/C14H28N2/c1-4-5-6-11-16(13(2)3)12-14-7-9-15-10-8-14/h4,13-15H,1,5-12H2,2-3H3. The minimum atomic E-state index is 0.680. The Bertz CT molecular complexity index is 183. The SMILES string of the molecule is C=CCCCN(CC1CCNCC1)C(C)C. The molecule has 0 aromatic heterocycles. The van der Waals surface area contributed by atoms with E-state index in [9.17, 15) is 0 Å². The summed E-state index contributed by atoms with van der Waals surface area (Å²) in [5.74, 6) is 0.910. The first-order valence-corrected chi connectivity index (χ1v) is 6.79. The lowest BCUT2D eigenvalue weighted by Crippen LogP contribution is -2.39. The first kappa shape index (κ1) is 13.7. The molecule has 2 heteroatoms. The third-order valence-corrected chi connectivity index (χ3v) is 3.54. The lowest BCUT2D eigenvalue weighted by Gasteiger charge is -2.32. The van der Waals surface area contributed by atoms with Crippen molar-refractivity contribution in [1.29, 1.82) is 0 Å². The van der Waals surface area contributed by atoms with Crippen molar-refractivity contribution < 1.29 is 0 Å². The van der Waals surface area contributed by atoms with Crippen molar-refractivity contribution in [3.05, 3.63) is 12.7 Å². The van der Waals surface area contributed by atoms with Crippen molar-refractivity contribution in [2.24, 2.45) is 5.92 Å². The zero-order valence-corrected chi connectivity index (χ0v) is 11.0. The van der Waals surface area contributed by atoms with Crippen molar-refractivity contribution >= 4 is 0 Å². The number of nitrogens with one attached hydrogen (secondary N) is 1. The second kappa shape index (κ2) is 7.86. The molecule has 1 saturated heterocycles. The molecule has 1 aliphatic heterocycles. The summed E-state index contributed by atoms with van der Waals surface area (Å²) in [7, 11) is 0. The van der Waals surface area contributed by atoms with Crippen LogP contribution in [0.4, 0.5) is 0 Å². The zero-order valence-electron chi connectivity index (χ0n) is 11.0. The fourth-order valence-electron chi connectivity index (χ4n) is 2.39. The summed E-state index contributed by atoms with van der Waals surface area (Å²) < 4.78 is 0. The summed E-state index contributed by atoms with van der Waals surface area (Å²) in [5.41, 5.74) is 0. The monoisotopic (exact) mass is 224 g/mol. The van der Waals surface area contributed by atoms with Gasteiger partial charge >= 0.3 is 0 Å². The van der Waals surface area contributed by atoms with Crippen LogP contribution in [0.1, 0.15) is 39.5 Å². The average Bonchev–Trinajstić information content (AvgIpc) is 2.29. The maximum absolute atomic E-state index is 3.79. The normalized spacial score (nSPS) is 18.2. The Balaban J connectivity index is 2.28. The predicted molar refractivity (Wildman–Crippen MR) is 71.7 cm³/mol. The molecule has 0 amide bonds. The van der Waals surface area contributed by atoms with E-state index in [0.717, 1.165) is 12.3 Å². The highest BCUT2D eigenvalue weighted by atomic mass is 15.1. The fourth-order valence-corrected chi connectivity index (χ4v) is 2.39. The number of hydrogen-bond donors (Lipinski definition) is 1. The smallest absolute Gasteiger partial charge is 0.00387 e. The van der Waals surface area contributed by atoms with E-state index in [1.54, 1.807) is 0 Å². The molecule has 0 aromatic rings. The van der Waals surface area contributed by atoms with Gasteiger partial charge in [0.2, 0.25) is 0 Å². The largest absolute Gasteiger partial charge is 0.317 e. The quantitative estimate of drug-likeness (QED) is 0.528. The Morgan fingerprint density at radius 3 is 2.62 bits per heavy atom. The third-order valence-electron chi connectivity index (χ3n) is 3.54. The number of rotatable bonds is 7. The van der Waals surface area contributed by atoms with Gasteiger partial charge in [0, 0.05) is 12.6 Å². The van der Waals surface area contributed by atoms with E-state index in [0.29, 0.717) is 6.04 Å². The molecule has 0 aromatic carbocycles. The molecule has 1 aliphatic rings. The van der Waals surface area contributed by atoms with Gasteiger partial charge in [-0.2, -0.15) is 0 Å². The molecule has 0 radical (unpaired) electrons. The Morgan fingerprint density at radius 2 is 2.06 bits per heavy atom. The van der Waals surface area contributed by atoms with Crippen LogP contribution < -0.4 is 5.32 Å². The van der Waals surface area contributed by atoms with E-state index in [2.05, 4.69) is 30.6 Å². The van der Waals surface area contributed by atoms with E-state index in [-0.39, 0.29) is 0 Å². The number of hydrogen-bond acceptors (Lipinski definition) is 2. The topological polar surface area (TPSA) is 15.3 Å². The highest BCUT2D eigenvalue weighted by Crippen LogP contribution is 2.15. The van der Waals surface area contributed by atoms with Gasteiger partial charge in [-0.15, -0.1) is 6.58 Å². The van der Waals surface area contributed by atoms with Crippen LogP contribution in [0.25, 0.3) is 0 Å². The number of piperidine rings is 1. The second-order valence-electron chi connectivity index (χ2n) is 5.21. The predicted octanol–water partition coefficient (Wildman–Crippen LogP) is 2.66. The molecule has 0 unspecified atom stereocenters. The summed E-state index contributed by atoms with van der Waals surface area (Å²) in [6.45, 7) is 13.4. The first-order chi connectivity index (χ1) is 7.74. The maximum Gasteiger partial charge on any atom is 0.00387 e. The van der Waals surface area contributed by atoms with Crippen LogP contribution in [0.5, 0.6) is 0 Å². The minimum Gasteiger partial charge on any atom is -0.317 e. The molecule has 0 bridgehead atoms. The molecule has 1 rings (SSSR count).